The summed E-state index contributed by atoms with van der Waals surface area (Å²) < 4.78 is 12.6. The van der Waals surface area contributed by atoms with E-state index in [1.165, 1.54) is 0 Å². The maximum absolute atomic E-state index is 5.66. The van der Waals surface area contributed by atoms with Crippen LogP contribution >= 0.6 is 0 Å². The fourth-order valence-electron chi connectivity index (χ4n) is 2.66. The first-order valence-electron chi connectivity index (χ1n) is 9.31. The van der Waals surface area contributed by atoms with Gasteiger partial charge in [0, 0.05) is 19.9 Å². The molecule has 1 aromatic carbocycles. The number of ether oxygens (including phenoxy) is 2. The molecule has 8 nitrogen and oxygen atoms in total. The van der Waals surface area contributed by atoms with Gasteiger partial charge in [-0.25, -0.2) is 4.99 Å². The summed E-state index contributed by atoms with van der Waals surface area (Å²) in [5.74, 6) is 2.37. The van der Waals surface area contributed by atoms with Crippen LogP contribution in [-0.4, -0.2) is 47.4 Å². The monoisotopic (exact) mass is 382 g/mol. The molecule has 0 atom stereocenters. The minimum absolute atomic E-state index is 0.525. The summed E-state index contributed by atoms with van der Waals surface area (Å²) in [5, 5.41) is 15.0. The van der Waals surface area contributed by atoms with Crippen LogP contribution < -0.4 is 15.4 Å². The zero-order valence-corrected chi connectivity index (χ0v) is 16.3. The highest BCUT2D eigenvalue weighted by molar-refractivity contribution is 5.79. The minimum Gasteiger partial charge on any atom is -0.491 e. The Bertz CT molecular complexity index is 908. The number of methoxy groups -OCH3 is 1. The number of fused-ring (bicyclic) bond motifs is 1. The first kappa shape index (κ1) is 19.6. The Morgan fingerprint density at radius 1 is 1.11 bits per heavy atom. The first-order valence-corrected chi connectivity index (χ1v) is 9.31. The van der Waals surface area contributed by atoms with Gasteiger partial charge in [0.05, 0.1) is 19.7 Å². The number of nitrogens with zero attached hydrogens (tertiary/aromatic N) is 4. The van der Waals surface area contributed by atoms with Gasteiger partial charge in [-0.3, -0.25) is 4.40 Å². The van der Waals surface area contributed by atoms with Gasteiger partial charge in [-0.1, -0.05) is 18.2 Å². The zero-order valence-electron chi connectivity index (χ0n) is 16.3. The maximum atomic E-state index is 5.66. The number of aromatic nitrogens is 3. The van der Waals surface area contributed by atoms with Crippen LogP contribution in [0.4, 0.5) is 0 Å². The van der Waals surface area contributed by atoms with E-state index in [9.17, 15) is 0 Å². The number of rotatable bonds is 9. The first-order chi connectivity index (χ1) is 13.8. The number of hydrogen-bond acceptors (Lipinski definition) is 5. The van der Waals surface area contributed by atoms with E-state index in [0.29, 0.717) is 26.3 Å². The molecule has 3 rings (SSSR count). The molecule has 3 aromatic rings. The third kappa shape index (κ3) is 5.43. The molecule has 0 unspecified atom stereocenters. The molecule has 0 spiro atoms. The maximum Gasteiger partial charge on any atom is 0.191 e. The normalized spacial score (nSPS) is 11.6. The van der Waals surface area contributed by atoms with Gasteiger partial charge < -0.3 is 20.1 Å². The van der Waals surface area contributed by atoms with Gasteiger partial charge in [-0.15, -0.1) is 10.2 Å². The number of hydrogen-bond donors (Lipinski definition) is 2. The molecule has 28 heavy (non-hydrogen) atoms. The van der Waals surface area contributed by atoms with E-state index in [1.54, 1.807) is 7.11 Å². The van der Waals surface area contributed by atoms with Crippen LogP contribution in [-0.2, 0) is 17.8 Å². The Morgan fingerprint density at radius 3 is 2.89 bits per heavy atom. The van der Waals surface area contributed by atoms with Crippen molar-refractivity contribution in [3.05, 3.63) is 60.0 Å². The lowest BCUT2D eigenvalue weighted by molar-refractivity contribution is 0.146. The molecule has 2 heterocycles. The summed E-state index contributed by atoms with van der Waals surface area (Å²) in [7, 11) is 1.66. The number of nitrogens with one attached hydrogen (secondary N) is 2. The van der Waals surface area contributed by atoms with E-state index >= 15 is 0 Å². The Morgan fingerprint density at radius 2 is 2.04 bits per heavy atom. The second-order valence-corrected chi connectivity index (χ2v) is 6.08. The standard InChI is InChI=1S/C20H26N6O2/c1-3-21-20(23-15-19-25-24-18-9-4-5-10-26(18)19)22-14-16-7-6-8-17(13-16)28-12-11-27-2/h4-10,13H,3,11-12,14-15H2,1-2H3,(H2,21,22,23). The highest BCUT2D eigenvalue weighted by atomic mass is 16.5. The number of benzene rings is 1. The SMILES string of the molecule is CCNC(=NCc1cccc(OCCOC)c1)NCc1nnc2ccccn12. The van der Waals surface area contributed by atoms with Crippen LogP contribution in [0.3, 0.4) is 0 Å². The largest absolute Gasteiger partial charge is 0.491 e. The summed E-state index contributed by atoms with van der Waals surface area (Å²) in [6.45, 7) is 4.96. The quantitative estimate of drug-likeness (QED) is 0.335. The lowest BCUT2D eigenvalue weighted by Crippen LogP contribution is -2.37. The molecule has 0 saturated carbocycles. The Balaban J connectivity index is 1.61. The van der Waals surface area contributed by atoms with Crippen LogP contribution in [0.5, 0.6) is 5.75 Å². The summed E-state index contributed by atoms with van der Waals surface area (Å²) >= 11 is 0. The fourth-order valence-corrected chi connectivity index (χ4v) is 2.66. The van der Waals surface area contributed by atoms with Gasteiger partial charge in [0.15, 0.2) is 17.4 Å². The molecule has 0 radical (unpaired) electrons. The molecule has 148 valence electrons. The zero-order chi connectivity index (χ0) is 19.6. The molecular weight excluding hydrogens is 356 g/mol. The van der Waals surface area contributed by atoms with Crippen LogP contribution in [0.1, 0.15) is 18.3 Å². The molecule has 0 aliphatic rings. The predicted octanol–water partition coefficient (Wildman–Crippen LogP) is 2.01. The predicted molar refractivity (Wildman–Crippen MR) is 108 cm³/mol. The summed E-state index contributed by atoms with van der Waals surface area (Å²) in [5.41, 5.74) is 1.89. The second-order valence-electron chi connectivity index (χ2n) is 6.08. The van der Waals surface area contributed by atoms with E-state index < -0.39 is 0 Å². The Kier molecular flexibility index (Phi) is 7.20. The molecule has 0 aliphatic carbocycles. The molecule has 0 saturated heterocycles. The van der Waals surface area contributed by atoms with E-state index in [0.717, 1.165) is 35.3 Å². The van der Waals surface area contributed by atoms with Crippen molar-refractivity contribution in [3.8, 4) is 5.75 Å². The third-order valence-corrected chi connectivity index (χ3v) is 4.02. The Hall–Kier alpha value is -3.13. The molecule has 2 N–H and O–H groups in total. The van der Waals surface area contributed by atoms with Gasteiger partial charge in [0.1, 0.15) is 12.4 Å². The number of pyridine rings is 1. The van der Waals surface area contributed by atoms with Gasteiger partial charge in [-0.2, -0.15) is 0 Å². The van der Waals surface area contributed by atoms with Gasteiger partial charge in [0.25, 0.3) is 0 Å². The van der Waals surface area contributed by atoms with Gasteiger partial charge in [-0.05, 0) is 36.8 Å². The summed E-state index contributed by atoms with van der Waals surface area (Å²) in [6.07, 6.45) is 1.95. The van der Waals surface area contributed by atoms with Crippen molar-refractivity contribution in [3.63, 3.8) is 0 Å². The van der Waals surface area contributed by atoms with E-state index in [2.05, 4.69) is 25.8 Å². The van der Waals surface area contributed by atoms with Crippen LogP contribution in [0.15, 0.2) is 53.7 Å². The lowest BCUT2D eigenvalue weighted by Gasteiger charge is -2.11. The lowest BCUT2D eigenvalue weighted by atomic mass is 10.2. The molecule has 0 amide bonds. The second kappa shape index (κ2) is 10.3. The highest BCUT2D eigenvalue weighted by Gasteiger charge is 2.06. The number of guanidine groups is 1. The molecule has 0 aliphatic heterocycles. The van der Waals surface area contributed by atoms with E-state index in [1.807, 2.05) is 60.0 Å². The average Bonchev–Trinajstić information content (AvgIpc) is 3.14. The molecule has 8 heteroatoms. The van der Waals surface area contributed by atoms with Crippen LogP contribution in [0.25, 0.3) is 5.65 Å². The van der Waals surface area contributed by atoms with Gasteiger partial charge >= 0.3 is 0 Å². The van der Waals surface area contributed by atoms with Crippen molar-refractivity contribution < 1.29 is 9.47 Å². The molecular formula is C20H26N6O2. The van der Waals surface area contributed by atoms with Crippen molar-refractivity contribution >= 4 is 11.6 Å². The smallest absolute Gasteiger partial charge is 0.191 e. The molecule has 0 bridgehead atoms. The van der Waals surface area contributed by atoms with Crippen molar-refractivity contribution in [2.75, 3.05) is 26.9 Å². The third-order valence-electron chi connectivity index (χ3n) is 4.02. The summed E-state index contributed by atoms with van der Waals surface area (Å²) in [4.78, 5) is 4.66. The average molecular weight is 382 g/mol. The molecule has 2 aromatic heterocycles. The van der Waals surface area contributed by atoms with E-state index in [4.69, 9.17) is 9.47 Å². The van der Waals surface area contributed by atoms with Crippen molar-refractivity contribution in [2.24, 2.45) is 4.99 Å². The highest BCUT2D eigenvalue weighted by Crippen LogP contribution is 2.14. The van der Waals surface area contributed by atoms with Crippen LogP contribution in [0, 0.1) is 0 Å². The molecule has 0 fully saturated rings. The van der Waals surface area contributed by atoms with Gasteiger partial charge in [0.2, 0.25) is 0 Å². The summed E-state index contributed by atoms with van der Waals surface area (Å²) in [6, 6.07) is 13.8. The van der Waals surface area contributed by atoms with Crippen molar-refractivity contribution in [1.82, 2.24) is 25.2 Å². The topological polar surface area (TPSA) is 85.1 Å². The van der Waals surface area contributed by atoms with E-state index in [-0.39, 0.29) is 0 Å². The minimum atomic E-state index is 0.525. The number of aliphatic imine (C=N–C) groups is 1. The Labute approximate surface area is 164 Å². The fraction of sp³-hybridized carbons (Fsp3) is 0.350. The van der Waals surface area contributed by atoms with Crippen LogP contribution in [0.2, 0.25) is 0 Å². The van der Waals surface area contributed by atoms with Crippen molar-refractivity contribution in [1.29, 1.82) is 0 Å². The van der Waals surface area contributed by atoms with Crippen molar-refractivity contribution in [2.45, 2.75) is 20.0 Å².